The average Bonchev–Trinajstić information content (AvgIpc) is 2.89. The van der Waals surface area contributed by atoms with Crippen molar-refractivity contribution in [3.05, 3.63) is 24.0 Å². The monoisotopic (exact) mass is 304 g/mol. The Kier molecular flexibility index (Phi) is 3.75. The molecule has 2 aromatic rings. The topological polar surface area (TPSA) is 66.8 Å². The second-order valence-electron chi connectivity index (χ2n) is 6.47. The zero-order valence-electron chi connectivity index (χ0n) is 12.6. The van der Waals surface area contributed by atoms with Crippen molar-refractivity contribution in [2.45, 2.75) is 26.2 Å². The average molecular weight is 304 g/mol. The molecule has 0 bridgehead atoms. The van der Waals surface area contributed by atoms with Gasteiger partial charge >= 0.3 is 0 Å². The largest absolute Gasteiger partial charge is 0.367 e. The van der Waals surface area contributed by atoms with Crippen LogP contribution in [0.25, 0.3) is 0 Å². The van der Waals surface area contributed by atoms with E-state index in [-0.39, 0.29) is 5.41 Å². The van der Waals surface area contributed by atoms with Gasteiger partial charge in [-0.15, -0.1) is 5.10 Å². The molecule has 1 saturated heterocycles. The fraction of sp³-hybridized carbons (Fsp3) is 0.571. The molecule has 1 N–H and O–H groups in total. The predicted molar refractivity (Wildman–Crippen MR) is 84.8 cm³/mol. The Bertz CT molecular complexity index is 569. The fourth-order valence-electron chi connectivity index (χ4n) is 2.27. The zero-order valence-corrected chi connectivity index (χ0v) is 13.4. The third-order valence-electron chi connectivity index (χ3n) is 3.63. The number of hydrogen-bond donors (Lipinski definition) is 1. The lowest BCUT2D eigenvalue weighted by molar-refractivity contribution is 0.424. The van der Waals surface area contributed by atoms with Crippen molar-refractivity contribution in [2.24, 2.45) is 5.92 Å². The highest BCUT2D eigenvalue weighted by Crippen LogP contribution is 2.25. The molecule has 0 radical (unpaired) electrons. The first-order valence-corrected chi connectivity index (χ1v) is 7.86. The van der Waals surface area contributed by atoms with Gasteiger partial charge in [-0.3, -0.25) is 0 Å². The Morgan fingerprint density at radius 2 is 2.10 bits per heavy atom. The van der Waals surface area contributed by atoms with Crippen LogP contribution in [0.1, 0.15) is 26.5 Å². The summed E-state index contributed by atoms with van der Waals surface area (Å²) < 4.78 is 8.11. The number of rotatable bonds is 4. The molecule has 7 heteroatoms. The molecule has 0 aromatic carbocycles. The van der Waals surface area contributed by atoms with E-state index in [1.54, 1.807) is 6.20 Å². The number of aromatic nitrogens is 4. The summed E-state index contributed by atoms with van der Waals surface area (Å²) in [5.41, 5.74) is 1.08. The second kappa shape index (κ2) is 5.55. The first-order chi connectivity index (χ1) is 10.0. The normalized spacial score (nSPS) is 15.9. The van der Waals surface area contributed by atoms with Gasteiger partial charge in [0.1, 0.15) is 0 Å². The highest BCUT2D eigenvalue weighted by molar-refractivity contribution is 6.99. The van der Waals surface area contributed by atoms with Gasteiger partial charge < -0.3 is 10.2 Å². The van der Waals surface area contributed by atoms with Crippen LogP contribution in [0.15, 0.2) is 18.3 Å². The summed E-state index contributed by atoms with van der Waals surface area (Å²) in [5.74, 6) is 2.46. The van der Waals surface area contributed by atoms with E-state index in [0.29, 0.717) is 5.92 Å². The van der Waals surface area contributed by atoms with Gasteiger partial charge in [-0.25, -0.2) is 0 Å². The van der Waals surface area contributed by atoms with E-state index >= 15 is 0 Å². The number of nitrogens with one attached hydrogen (secondary N) is 1. The van der Waals surface area contributed by atoms with Crippen molar-refractivity contribution < 1.29 is 0 Å². The molecule has 3 heterocycles. The molecule has 0 amide bonds. The summed E-state index contributed by atoms with van der Waals surface area (Å²) in [7, 11) is 0. The first kappa shape index (κ1) is 14.2. The fourth-order valence-corrected chi connectivity index (χ4v) is 2.67. The predicted octanol–water partition coefficient (Wildman–Crippen LogP) is 2.17. The van der Waals surface area contributed by atoms with Gasteiger partial charge in [0.15, 0.2) is 11.6 Å². The minimum absolute atomic E-state index is 0.0501. The van der Waals surface area contributed by atoms with Crippen LogP contribution in [0, 0.1) is 5.92 Å². The lowest BCUT2D eigenvalue weighted by Crippen LogP contribution is -2.50. The zero-order chi connectivity index (χ0) is 14.9. The van der Waals surface area contributed by atoms with Crippen molar-refractivity contribution in [2.75, 3.05) is 29.9 Å². The minimum Gasteiger partial charge on any atom is -0.367 e. The van der Waals surface area contributed by atoms with Crippen LogP contribution in [-0.4, -0.2) is 38.6 Å². The smallest absolute Gasteiger partial charge is 0.160 e. The standard InChI is InChI=1S/C14H20N6S/c1-14(2,3)11-4-5-13(18-17-11)20-8-10(9-20)6-15-12-7-16-21-19-12/h4-5,7,10H,6,8-9H2,1-3H3,(H,15,19). The van der Waals surface area contributed by atoms with Crippen molar-refractivity contribution >= 4 is 23.4 Å². The molecule has 21 heavy (non-hydrogen) atoms. The van der Waals surface area contributed by atoms with Gasteiger partial charge in [0.25, 0.3) is 0 Å². The van der Waals surface area contributed by atoms with Gasteiger partial charge in [-0.1, -0.05) is 20.8 Å². The summed E-state index contributed by atoms with van der Waals surface area (Å²) in [4.78, 5) is 2.26. The number of anilines is 2. The van der Waals surface area contributed by atoms with Crippen LogP contribution in [-0.2, 0) is 5.41 Å². The highest BCUT2D eigenvalue weighted by atomic mass is 32.1. The van der Waals surface area contributed by atoms with E-state index < -0.39 is 0 Å². The van der Waals surface area contributed by atoms with Gasteiger partial charge in [0.2, 0.25) is 0 Å². The number of nitrogens with zero attached hydrogens (tertiary/aromatic N) is 5. The Balaban J connectivity index is 1.49. The van der Waals surface area contributed by atoms with E-state index in [2.05, 4.69) is 62.1 Å². The van der Waals surface area contributed by atoms with Crippen LogP contribution in [0.3, 0.4) is 0 Å². The minimum atomic E-state index is 0.0501. The quantitative estimate of drug-likeness (QED) is 0.934. The molecular weight excluding hydrogens is 284 g/mol. The molecule has 0 spiro atoms. The van der Waals surface area contributed by atoms with Gasteiger partial charge in [0.05, 0.1) is 23.6 Å². The Hall–Kier alpha value is -1.76. The van der Waals surface area contributed by atoms with Crippen LogP contribution >= 0.6 is 11.7 Å². The molecule has 2 aromatic heterocycles. The molecule has 0 saturated carbocycles. The molecule has 112 valence electrons. The molecule has 1 aliphatic heterocycles. The molecule has 0 unspecified atom stereocenters. The first-order valence-electron chi connectivity index (χ1n) is 7.13. The Labute approximate surface area is 128 Å². The SMILES string of the molecule is CC(C)(C)c1ccc(N2CC(CNc3cnsn3)C2)nn1. The van der Waals surface area contributed by atoms with E-state index in [1.807, 2.05) is 0 Å². The number of hydrogen-bond acceptors (Lipinski definition) is 7. The van der Waals surface area contributed by atoms with E-state index in [0.717, 1.165) is 37.0 Å². The van der Waals surface area contributed by atoms with E-state index in [4.69, 9.17) is 0 Å². The van der Waals surface area contributed by atoms with Crippen LogP contribution < -0.4 is 10.2 Å². The maximum absolute atomic E-state index is 4.35. The van der Waals surface area contributed by atoms with Crippen LogP contribution in [0.5, 0.6) is 0 Å². The maximum atomic E-state index is 4.35. The molecular formula is C14H20N6S. The molecule has 3 rings (SSSR count). The molecule has 1 aliphatic rings. The lowest BCUT2D eigenvalue weighted by atomic mass is 9.92. The molecule has 1 fully saturated rings. The van der Waals surface area contributed by atoms with Crippen LogP contribution in [0.4, 0.5) is 11.6 Å². The summed E-state index contributed by atoms with van der Waals surface area (Å²) in [6, 6.07) is 4.15. The molecule has 0 atom stereocenters. The van der Waals surface area contributed by atoms with Crippen molar-refractivity contribution in [1.29, 1.82) is 0 Å². The maximum Gasteiger partial charge on any atom is 0.160 e. The molecule has 6 nitrogen and oxygen atoms in total. The Morgan fingerprint density at radius 3 is 2.67 bits per heavy atom. The van der Waals surface area contributed by atoms with Gasteiger partial charge in [0, 0.05) is 31.0 Å². The summed E-state index contributed by atoms with van der Waals surface area (Å²) in [5, 5.41) is 12.0. The van der Waals surface area contributed by atoms with E-state index in [9.17, 15) is 0 Å². The van der Waals surface area contributed by atoms with Crippen molar-refractivity contribution in [3.63, 3.8) is 0 Å². The summed E-state index contributed by atoms with van der Waals surface area (Å²) in [6.07, 6.45) is 1.76. The van der Waals surface area contributed by atoms with E-state index in [1.165, 1.54) is 11.7 Å². The summed E-state index contributed by atoms with van der Waals surface area (Å²) in [6.45, 7) is 9.39. The third-order valence-corrected chi connectivity index (χ3v) is 4.11. The second-order valence-corrected chi connectivity index (χ2v) is 7.03. The lowest BCUT2D eigenvalue weighted by Gasteiger charge is -2.40. The van der Waals surface area contributed by atoms with Crippen molar-refractivity contribution in [3.8, 4) is 0 Å². The van der Waals surface area contributed by atoms with Crippen molar-refractivity contribution in [1.82, 2.24) is 18.9 Å². The van der Waals surface area contributed by atoms with Crippen LogP contribution in [0.2, 0.25) is 0 Å². The van der Waals surface area contributed by atoms with Gasteiger partial charge in [-0.05, 0) is 12.1 Å². The summed E-state index contributed by atoms with van der Waals surface area (Å²) >= 11 is 1.23. The Morgan fingerprint density at radius 1 is 1.29 bits per heavy atom. The van der Waals surface area contributed by atoms with Gasteiger partial charge in [-0.2, -0.15) is 13.8 Å². The third kappa shape index (κ3) is 3.29. The highest BCUT2D eigenvalue weighted by Gasteiger charge is 2.28. The molecule has 0 aliphatic carbocycles.